The molecule has 162 valence electrons. The second-order valence-electron chi connectivity index (χ2n) is 8.57. The average molecular weight is 413 g/mol. The molecule has 1 amide bonds. The third kappa shape index (κ3) is 5.28. The number of carbonyl (C=O) groups is 1. The van der Waals surface area contributed by atoms with Gasteiger partial charge in [0.05, 0.1) is 11.0 Å². The summed E-state index contributed by atoms with van der Waals surface area (Å²) in [6.07, 6.45) is 2.13. The van der Waals surface area contributed by atoms with Crippen molar-refractivity contribution in [2.75, 3.05) is 13.2 Å². The van der Waals surface area contributed by atoms with Crippen LogP contribution in [0.3, 0.4) is 0 Å². The maximum Gasteiger partial charge on any atom is 0.417 e. The van der Waals surface area contributed by atoms with E-state index < -0.39 is 17.2 Å². The van der Waals surface area contributed by atoms with Gasteiger partial charge >= 0.3 is 6.18 Å². The zero-order chi connectivity index (χ0) is 21.1. The lowest BCUT2D eigenvalue weighted by Crippen LogP contribution is -2.45. The predicted molar refractivity (Wildman–Crippen MR) is 103 cm³/mol. The lowest BCUT2D eigenvalue weighted by atomic mass is 9.74. The number of rotatable bonds is 6. The molecule has 1 saturated carbocycles. The average Bonchev–Trinajstić information content (AvgIpc) is 3.12. The topological polar surface area (TPSA) is 63.2 Å². The molecule has 2 heterocycles. The van der Waals surface area contributed by atoms with Crippen molar-refractivity contribution in [3.05, 3.63) is 29.6 Å². The van der Waals surface area contributed by atoms with E-state index in [9.17, 15) is 18.0 Å². The number of hydrogen-bond acceptors (Lipinski definition) is 4. The summed E-state index contributed by atoms with van der Waals surface area (Å²) in [5, 5.41) is 6.56. The van der Waals surface area contributed by atoms with Gasteiger partial charge in [0, 0.05) is 44.2 Å². The van der Waals surface area contributed by atoms with Crippen molar-refractivity contribution in [1.82, 2.24) is 15.6 Å². The molecule has 2 N–H and O–H groups in total. The molecule has 2 atom stereocenters. The number of halogens is 3. The Labute approximate surface area is 169 Å². The fourth-order valence-corrected chi connectivity index (χ4v) is 4.51. The molecule has 1 aromatic rings. The minimum absolute atomic E-state index is 0.0439. The zero-order valence-corrected chi connectivity index (χ0v) is 17.0. The van der Waals surface area contributed by atoms with Gasteiger partial charge in [0.15, 0.2) is 0 Å². The fraction of sp³-hybridized carbons (Fsp3) is 0.714. The molecule has 1 aliphatic heterocycles. The first kappa shape index (κ1) is 22.0. The summed E-state index contributed by atoms with van der Waals surface area (Å²) in [7, 11) is 0. The molecule has 0 unspecified atom stereocenters. The van der Waals surface area contributed by atoms with Crippen molar-refractivity contribution in [2.45, 2.75) is 70.8 Å². The van der Waals surface area contributed by atoms with Crippen LogP contribution in [0.4, 0.5) is 13.2 Å². The Morgan fingerprint density at radius 1 is 1.24 bits per heavy atom. The number of alkyl halides is 3. The van der Waals surface area contributed by atoms with E-state index in [1.807, 2.05) is 13.8 Å². The molecule has 0 bridgehead atoms. The SMILES string of the molecule is CC(C)[C@]1(C(=O)NCc2cncc(C(F)(F)F)c2)CC[C@@H](NC2CCOCC2)C1. The number of carbonyl (C=O) groups excluding carboxylic acids is 1. The van der Waals surface area contributed by atoms with E-state index in [0.717, 1.165) is 57.6 Å². The molecule has 1 aromatic heterocycles. The molecule has 3 rings (SSSR count). The van der Waals surface area contributed by atoms with Gasteiger partial charge in [0.25, 0.3) is 0 Å². The van der Waals surface area contributed by atoms with Gasteiger partial charge in [0.1, 0.15) is 0 Å². The molecular weight excluding hydrogens is 383 g/mol. The van der Waals surface area contributed by atoms with Crippen molar-refractivity contribution in [3.63, 3.8) is 0 Å². The highest BCUT2D eigenvalue weighted by Crippen LogP contribution is 2.45. The van der Waals surface area contributed by atoms with Crippen LogP contribution in [0.1, 0.15) is 57.1 Å². The highest BCUT2D eigenvalue weighted by molar-refractivity contribution is 5.83. The maximum absolute atomic E-state index is 13.1. The molecule has 8 heteroatoms. The summed E-state index contributed by atoms with van der Waals surface area (Å²) in [4.78, 5) is 16.8. The Hall–Kier alpha value is -1.67. The van der Waals surface area contributed by atoms with Crippen LogP contribution in [-0.4, -0.2) is 36.2 Å². The van der Waals surface area contributed by atoms with Crippen molar-refractivity contribution in [3.8, 4) is 0 Å². The van der Waals surface area contributed by atoms with Gasteiger partial charge < -0.3 is 15.4 Å². The number of nitrogens with zero attached hydrogens (tertiary/aromatic N) is 1. The standard InChI is InChI=1S/C21H30F3N3O2/c1-14(2)20(6-3-18(10-20)27-17-4-7-29-8-5-17)19(28)26-12-15-9-16(13-25-11-15)21(22,23)24/h9,11,13-14,17-18,27H,3-8,10,12H2,1-2H3,(H,26,28)/t18-,20+/m1/s1. The van der Waals surface area contributed by atoms with Crippen LogP contribution < -0.4 is 10.6 Å². The summed E-state index contributed by atoms with van der Waals surface area (Å²) in [6.45, 7) is 5.67. The number of amides is 1. The van der Waals surface area contributed by atoms with Crippen LogP contribution >= 0.6 is 0 Å². The van der Waals surface area contributed by atoms with Gasteiger partial charge in [-0.3, -0.25) is 9.78 Å². The second kappa shape index (κ2) is 9.00. The van der Waals surface area contributed by atoms with Crippen LogP contribution in [0.5, 0.6) is 0 Å². The molecule has 2 aliphatic rings. The molecule has 2 fully saturated rings. The second-order valence-corrected chi connectivity index (χ2v) is 8.57. The van der Waals surface area contributed by atoms with E-state index in [2.05, 4.69) is 15.6 Å². The lowest BCUT2D eigenvalue weighted by molar-refractivity contribution is -0.137. The van der Waals surface area contributed by atoms with Crippen molar-refractivity contribution < 1.29 is 22.7 Å². The third-order valence-corrected chi connectivity index (χ3v) is 6.37. The van der Waals surface area contributed by atoms with Crippen molar-refractivity contribution in [1.29, 1.82) is 0 Å². The first-order valence-electron chi connectivity index (χ1n) is 10.3. The molecule has 5 nitrogen and oxygen atoms in total. The molecule has 1 aliphatic carbocycles. The van der Waals surface area contributed by atoms with Gasteiger partial charge in [-0.25, -0.2) is 0 Å². The van der Waals surface area contributed by atoms with E-state index in [1.54, 1.807) is 0 Å². The van der Waals surface area contributed by atoms with Crippen LogP contribution in [0, 0.1) is 11.3 Å². The highest BCUT2D eigenvalue weighted by Gasteiger charge is 2.47. The predicted octanol–water partition coefficient (Wildman–Crippen LogP) is 3.68. The Morgan fingerprint density at radius 3 is 2.62 bits per heavy atom. The molecular formula is C21H30F3N3O2. The first-order chi connectivity index (χ1) is 13.7. The summed E-state index contributed by atoms with van der Waals surface area (Å²) < 4.78 is 44.0. The number of pyridine rings is 1. The van der Waals surface area contributed by atoms with Gasteiger partial charge in [0.2, 0.25) is 5.91 Å². The third-order valence-electron chi connectivity index (χ3n) is 6.37. The summed E-state index contributed by atoms with van der Waals surface area (Å²) in [6, 6.07) is 1.75. The molecule has 0 radical (unpaired) electrons. The van der Waals surface area contributed by atoms with E-state index >= 15 is 0 Å². The van der Waals surface area contributed by atoms with Gasteiger partial charge in [-0.1, -0.05) is 13.8 Å². The molecule has 0 aromatic carbocycles. The molecule has 1 saturated heterocycles. The van der Waals surface area contributed by atoms with Crippen LogP contribution in [-0.2, 0) is 22.3 Å². The monoisotopic (exact) mass is 413 g/mol. The Balaban J connectivity index is 1.61. The first-order valence-corrected chi connectivity index (χ1v) is 10.3. The minimum Gasteiger partial charge on any atom is -0.381 e. The molecule has 29 heavy (non-hydrogen) atoms. The van der Waals surface area contributed by atoms with Crippen LogP contribution in [0.25, 0.3) is 0 Å². The Bertz CT molecular complexity index is 705. The summed E-state index contributed by atoms with van der Waals surface area (Å²) >= 11 is 0. The number of ether oxygens (including phenoxy) is 1. The maximum atomic E-state index is 13.1. The van der Waals surface area contributed by atoms with Gasteiger partial charge in [-0.05, 0) is 49.7 Å². The highest BCUT2D eigenvalue weighted by atomic mass is 19.4. The van der Waals surface area contributed by atoms with Crippen molar-refractivity contribution >= 4 is 5.91 Å². The summed E-state index contributed by atoms with van der Waals surface area (Å²) in [5.41, 5.74) is -0.955. The van der Waals surface area contributed by atoms with Crippen molar-refractivity contribution in [2.24, 2.45) is 11.3 Å². The number of aromatic nitrogens is 1. The fourth-order valence-electron chi connectivity index (χ4n) is 4.51. The minimum atomic E-state index is -4.44. The lowest BCUT2D eigenvalue weighted by Gasteiger charge is -2.33. The zero-order valence-electron chi connectivity index (χ0n) is 17.0. The largest absolute Gasteiger partial charge is 0.417 e. The molecule has 0 spiro atoms. The summed E-state index contributed by atoms with van der Waals surface area (Å²) in [5.74, 6) is 0.0600. The Morgan fingerprint density at radius 2 is 1.97 bits per heavy atom. The van der Waals surface area contributed by atoms with Gasteiger partial charge in [-0.2, -0.15) is 13.2 Å². The van der Waals surface area contributed by atoms with Crippen LogP contribution in [0.15, 0.2) is 18.5 Å². The van der Waals surface area contributed by atoms with Crippen LogP contribution in [0.2, 0.25) is 0 Å². The smallest absolute Gasteiger partial charge is 0.381 e. The van der Waals surface area contributed by atoms with E-state index in [-0.39, 0.29) is 24.4 Å². The van der Waals surface area contributed by atoms with E-state index in [4.69, 9.17) is 4.74 Å². The Kier molecular flexibility index (Phi) is 6.83. The van der Waals surface area contributed by atoms with E-state index in [0.29, 0.717) is 11.6 Å². The normalized spacial score (nSPS) is 26.1. The van der Waals surface area contributed by atoms with E-state index in [1.165, 1.54) is 6.20 Å². The number of hydrogen-bond donors (Lipinski definition) is 2. The number of nitrogens with one attached hydrogen (secondary N) is 2. The van der Waals surface area contributed by atoms with Gasteiger partial charge in [-0.15, -0.1) is 0 Å². The quantitative estimate of drug-likeness (QED) is 0.747.